The Morgan fingerprint density at radius 1 is 0.818 bits per heavy atom. The van der Waals surface area contributed by atoms with Gasteiger partial charge in [0.05, 0.1) is 36.6 Å². The van der Waals surface area contributed by atoms with Gasteiger partial charge in [-0.3, -0.25) is 0 Å². The van der Waals surface area contributed by atoms with Crippen LogP contribution in [-0.2, 0) is 18.9 Å². The first-order valence-corrected chi connectivity index (χ1v) is 20.8. The minimum atomic E-state index is -1.70. The highest BCUT2D eigenvalue weighted by Crippen LogP contribution is 2.76. The van der Waals surface area contributed by atoms with Crippen LogP contribution in [0.25, 0.3) is 0 Å². The summed E-state index contributed by atoms with van der Waals surface area (Å²) in [6.45, 7) is 17.8. The van der Waals surface area contributed by atoms with Crippen LogP contribution < -0.4 is 0 Å². The Morgan fingerprint density at radius 2 is 1.49 bits per heavy atom. The van der Waals surface area contributed by atoms with E-state index >= 15 is 0 Å². The lowest BCUT2D eigenvalue weighted by molar-refractivity contribution is -0.382. The predicted molar refractivity (Wildman–Crippen MR) is 201 cm³/mol. The zero-order chi connectivity index (χ0) is 40.8. The number of ether oxygens (including phenoxy) is 4. The molecule has 0 aromatic heterocycles. The van der Waals surface area contributed by atoms with E-state index in [0.717, 1.165) is 19.3 Å². The Hall–Kier alpha value is -0.780. The van der Waals surface area contributed by atoms with Crippen LogP contribution in [0, 0.1) is 45.3 Å². The topological polar surface area (TPSA) is 219 Å². The first-order valence-electron chi connectivity index (χ1n) is 20.8. The first-order chi connectivity index (χ1) is 25.5. The zero-order valence-corrected chi connectivity index (χ0v) is 34.4. The minimum absolute atomic E-state index is 0.0411. The van der Waals surface area contributed by atoms with Gasteiger partial charge < -0.3 is 64.9 Å². The molecule has 4 saturated carbocycles. The van der Waals surface area contributed by atoms with Crippen LogP contribution in [0.5, 0.6) is 0 Å². The fraction of sp³-hybridized carbons (Fsp3) is 0.952. The zero-order valence-electron chi connectivity index (χ0n) is 34.4. The first kappa shape index (κ1) is 43.8. The average molecular weight is 785 g/mol. The fourth-order valence-corrected chi connectivity index (χ4v) is 13.3. The van der Waals surface area contributed by atoms with E-state index in [0.29, 0.717) is 32.1 Å². The summed E-state index contributed by atoms with van der Waals surface area (Å²) in [6.07, 6.45) is -8.99. The van der Waals surface area contributed by atoms with Crippen molar-refractivity contribution < 1.29 is 64.9 Å². The van der Waals surface area contributed by atoms with Gasteiger partial charge in [-0.25, -0.2) is 0 Å². The van der Waals surface area contributed by atoms with Crippen molar-refractivity contribution in [1.82, 2.24) is 0 Å². The summed E-state index contributed by atoms with van der Waals surface area (Å²) >= 11 is 0. The molecule has 0 aromatic carbocycles. The van der Waals surface area contributed by atoms with E-state index in [2.05, 4.69) is 40.7 Å². The standard InChI is InChI=1S/C42H72O13/c1-20(2)11-10-14-42(9,51)22-12-16-40(7)28(22)23(44)17-26-39(6)15-13-27(45)38(4,5)35(39)24(18-41(26,40)8)53-37-34(32(49)30(47)25(19-43)54-37)55-36-33(50)31(48)29(46)21(3)52-36/h11,21-37,43-51H,10,12-19H2,1-9H3/t21-,22-,23+,24-,25+,26+,27-,28-,29-,30-,31+,32-,33+,34-,35-,36-,37+,39+,40+,41+,42-/m0/s1. The molecule has 0 spiro atoms. The van der Waals surface area contributed by atoms with Crippen molar-refractivity contribution in [2.75, 3.05) is 6.61 Å². The van der Waals surface area contributed by atoms with Crippen LogP contribution in [0.1, 0.15) is 114 Å². The van der Waals surface area contributed by atoms with Gasteiger partial charge in [0.25, 0.3) is 0 Å². The normalized spacial score (nSPS) is 53.4. The Balaban J connectivity index is 1.38. The van der Waals surface area contributed by atoms with Crippen LogP contribution in [0.15, 0.2) is 11.6 Å². The largest absolute Gasteiger partial charge is 0.394 e. The second-order valence-electron chi connectivity index (χ2n) is 20.3. The molecule has 2 saturated heterocycles. The number of allylic oxidation sites excluding steroid dienone is 2. The molecule has 13 nitrogen and oxygen atoms in total. The van der Waals surface area contributed by atoms with E-state index in [4.69, 9.17) is 18.9 Å². The third-order valence-electron chi connectivity index (χ3n) is 16.5. The molecule has 0 bridgehead atoms. The van der Waals surface area contributed by atoms with Gasteiger partial charge in [0, 0.05) is 0 Å². The molecule has 0 unspecified atom stereocenters. The van der Waals surface area contributed by atoms with E-state index in [1.807, 2.05) is 20.8 Å². The maximum absolute atomic E-state index is 12.3. The molecule has 21 atom stereocenters. The van der Waals surface area contributed by atoms with E-state index in [1.165, 1.54) is 12.5 Å². The van der Waals surface area contributed by atoms with Gasteiger partial charge in [-0.05, 0) is 124 Å². The van der Waals surface area contributed by atoms with Crippen molar-refractivity contribution in [3.05, 3.63) is 11.6 Å². The molecule has 318 valence electrons. The lowest BCUT2D eigenvalue weighted by Crippen LogP contribution is -2.71. The summed E-state index contributed by atoms with van der Waals surface area (Å²) < 4.78 is 25.1. The van der Waals surface area contributed by atoms with E-state index in [9.17, 15) is 46.0 Å². The highest BCUT2D eigenvalue weighted by Gasteiger charge is 2.73. The number of hydrogen-bond acceptors (Lipinski definition) is 13. The summed E-state index contributed by atoms with van der Waals surface area (Å²) in [7, 11) is 0. The van der Waals surface area contributed by atoms with Crippen molar-refractivity contribution in [3.63, 3.8) is 0 Å². The molecular formula is C42H72O13. The Morgan fingerprint density at radius 3 is 2.13 bits per heavy atom. The average Bonchev–Trinajstić information content (AvgIpc) is 3.49. The summed E-state index contributed by atoms with van der Waals surface area (Å²) in [6, 6.07) is 0. The Labute approximate surface area is 327 Å². The van der Waals surface area contributed by atoms with Crippen molar-refractivity contribution in [1.29, 1.82) is 0 Å². The molecule has 6 fully saturated rings. The summed E-state index contributed by atoms with van der Waals surface area (Å²) in [5, 5.41) is 100. The number of aliphatic hydroxyl groups excluding tert-OH is 8. The molecule has 6 rings (SSSR count). The molecule has 2 aliphatic heterocycles. The van der Waals surface area contributed by atoms with Crippen molar-refractivity contribution in [2.45, 2.75) is 199 Å². The minimum Gasteiger partial charge on any atom is -0.394 e. The SMILES string of the molecule is CC(C)=CCC[C@](C)(O)[C@H]1CC[C@]2(C)[C@@H]1[C@H](O)C[C@@H]1[C@@]3(C)CC[C@H](O)C(C)(C)[C@@H]3[C@@H](O[C@@H]3O[C@H](CO)[C@H](O)[C@H](O)[C@@H]3O[C@@H]3O[C@@H](C)[C@H](O)[C@@H](O)[C@H]3O)C[C@]12C. The molecule has 2 heterocycles. The number of aliphatic hydroxyl groups is 9. The molecule has 4 aliphatic carbocycles. The van der Waals surface area contributed by atoms with Crippen LogP contribution >= 0.6 is 0 Å². The third kappa shape index (κ3) is 7.10. The van der Waals surface area contributed by atoms with E-state index < -0.39 is 114 Å². The maximum atomic E-state index is 12.3. The molecule has 0 radical (unpaired) electrons. The maximum Gasteiger partial charge on any atom is 0.187 e. The van der Waals surface area contributed by atoms with Crippen LogP contribution in [-0.4, -0.2) is 138 Å². The van der Waals surface area contributed by atoms with Crippen molar-refractivity contribution in [2.24, 2.45) is 45.3 Å². The van der Waals surface area contributed by atoms with Crippen molar-refractivity contribution in [3.8, 4) is 0 Å². The van der Waals surface area contributed by atoms with Gasteiger partial charge in [-0.2, -0.15) is 0 Å². The number of rotatable bonds is 9. The van der Waals surface area contributed by atoms with E-state index in [1.54, 1.807) is 0 Å². The highest BCUT2D eigenvalue weighted by atomic mass is 16.8. The fourth-order valence-electron chi connectivity index (χ4n) is 13.3. The molecule has 0 amide bonds. The van der Waals surface area contributed by atoms with Crippen LogP contribution in [0.3, 0.4) is 0 Å². The smallest absolute Gasteiger partial charge is 0.187 e. The lowest BCUT2D eigenvalue weighted by Gasteiger charge is -2.72. The summed E-state index contributed by atoms with van der Waals surface area (Å²) in [5.41, 5.74) is -1.71. The van der Waals surface area contributed by atoms with Gasteiger partial charge in [-0.15, -0.1) is 0 Å². The third-order valence-corrected chi connectivity index (χ3v) is 16.5. The second kappa shape index (κ2) is 15.4. The molecular weight excluding hydrogens is 712 g/mol. The quantitative estimate of drug-likeness (QED) is 0.121. The number of fused-ring (bicyclic) bond motifs is 5. The van der Waals surface area contributed by atoms with Gasteiger partial charge in [0.2, 0.25) is 0 Å². The monoisotopic (exact) mass is 784 g/mol. The lowest BCUT2D eigenvalue weighted by atomic mass is 9.34. The predicted octanol–water partition coefficient (Wildman–Crippen LogP) is 2.15. The van der Waals surface area contributed by atoms with Crippen LogP contribution in [0.4, 0.5) is 0 Å². The number of hydrogen-bond donors (Lipinski definition) is 9. The highest BCUT2D eigenvalue weighted by molar-refractivity contribution is 5.22. The van der Waals surface area contributed by atoms with Crippen molar-refractivity contribution >= 4 is 0 Å². The van der Waals surface area contributed by atoms with Gasteiger partial charge in [0.15, 0.2) is 12.6 Å². The van der Waals surface area contributed by atoms with E-state index in [-0.39, 0.29) is 23.7 Å². The Bertz CT molecular complexity index is 1390. The van der Waals surface area contributed by atoms with Crippen LogP contribution in [0.2, 0.25) is 0 Å². The molecule has 55 heavy (non-hydrogen) atoms. The summed E-state index contributed by atoms with van der Waals surface area (Å²) in [5.74, 6) is -0.526. The van der Waals surface area contributed by atoms with Gasteiger partial charge in [-0.1, -0.05) is 46.3 Å². The molecule has 13 heteroatoms. The molecule has 9 N–H and O–H groups in total. The van der Waals surface area contributed by atoms with Gasteiger partial charge in [0.1, 0.15) is 42.7 Å². The molecule has 6 aliphatic rings. The molecule has 0 aromatic rings. The summed E-state index contributed by atoms with van der Waals surface area (Å²) in [4.78, 5) is 0. The van der Waals surface area contributed by atoms with Gasteiger partial charge >= 0.3 is 0 Å². The Kier molecular flexibility index (Phi) is 12.2. The second-order valence-corrected chi connectivity index (χ2v) is 20.3.